The summed E-state index contributed by atoms with van der Waals surface area (Å²) >= 11 is 1.39. The van der Waals surface area contributed by atoms with Crippen LogP contribution in [0.5, 0.6) is 11.5 Å². The van der Waals surface area contributed by atoms with Crippen LogP contribution in [-0.4, -0.2) is 17.4 Å². The Kier molecular flexibility index (Phi) is 6.39. The fraction of sp³-hybridized carbons (Fsp3) is 0.150. The van der Waals surface area contributed by atoms with Crippen LogP contribution in [0.15, 0.2) is 60.8 Å². The van der Waals surface area contributed by atoms with E-state index in [1.807, 2.05) is 60.8 Å². The number of benzene rings is 2. The molecule has 3 rings (SSSR count). The predicted octanol–water partition coefficient (Wildman–Crippen LogP) is 4.39. The van der Waals surface area contributed by atoms with Crippen molar-refractivity contribution in [2.24, 2.45) is 0 Å². The van der Waals surface area contributed by atoms with Crippen LogP contribution in [0.25, 0.3) is 10.6 Å². The highest BCUT2D eigenvalue weighted by Crippen LogP contribution is 2.36. The van der Waals surface area contributed by atoms with Crippen LogP contribution in [-0.2, 0) is 4.79 Å². The summed E-state index contributed by atoms with van der Waals surface area (Å²) in [7, 11) is 0. The molecule has 0 aliphatic heterocycles. The first-order valence-electron chi connectivity index (χ1n) is 8.46. The average Bonchev–Trinajstić information content (AvgIpc) is 3.15. The molecule has 3 aromatic rings. The van der Waals surface area contributed by atoms with Crippen LogP contribution >= 0.6 is 11.3 Å². The molecular formula is C20H18N4O2S. The van der Waals surface area contributed by atoms with Gasteiger partial charge in [0.25, 0.3) is 0 Å². The summed E-state index contributed by atoms with van der Waals surface area (Å²) in [5.74, 6) is 1.36. The van der Waals surface area contributed by atoms with E-state index in [1.165, 1.54) is 11.3 Å². The molecule has 0 atom stereocenters. The molecule has 0 radical (unpaired) electrons. The summed E-state index contributed by atoms with van der Waals surface area (Å²) in [4.78, 5) is 16.4. The smallest absolute Gasteiger partial charge is 0.225 e. The number of nitrogens with one attached hydrogen (secondary N) is 2. The second-order valence-corrected chi connectivity index (χ2v) is 6.66. The van der Waals surface area contributed by atoms with Crippen molar-refractivity contribution in [2.75, 3.05) is 11.9 Å². The minimum atomic E-state index is -0.0984. The average molecular weight is 378 g/mol. The second kappa shape index (κ2) is 9.36. The van der Waals surface area contributed by atoms with Gasteiger partial charge in [-0.25, -0.2) is 4.98 Å². The van der Waals surface area contributed by atoms with Crippen molar-refractivity contribution >= 4 is 22.2 Å². The topological polar surface area (TPSA) is 87.0 Å². The molecule has 136 valence electrons. The molecule has 6 nitrogen and oxygen atoms in total. The number of hydrogen-bond donors (Lipinski definition) is 2. The van der Waals surface area contributed by atoms with Crippen LogP contribution in [0.4, 0.5) is 5.00 Å². The molecule has 2 N–H and O–H groups in total. The molecule has 0 unspecified atom stereocenters. The Morgan fingerprint density at radius 2 is 1.93 bits per heavy atom. The first-order chi connectivity index (χ1) is 13.3. The van der Waals surface area contributed by atoms with Gasteiger partial charge in [0, 0.05) is 13.0 Å². The van der Waals surface area contributed by atoms with Crippen molar-refractivity contribution in [1.82, 2.24) is 10.3 Å². The van der Waals surface area contributed by atoms with Crippen molar-refractivity contribution < 1.29 is 9.53 Å². The molecule has 0 spiro atoms. The number of rotatable bonds is 8. The highest BCUT2D eigenvalue weighted by molar-refractivity contribution is 7.19. The van der Waals surface area contributed by atoms with Gasteiger partial charge in [-0.3, -0.25) is 4.79 Å². The monoisotopic (exact) mass is 378 g/mol. The van der Waals surface area contributed by atoms with E-state index in [1.54, 1.807) is 6.20 Å². The Labute approximate surface area is 161 Å². The van der Waals surface area contributed by atoms with E-state index in [0.717, 1.165) is 16.3 Å². The lowest BCUT2D eigenvalue weighted by molar-refractivity contribution is -0.116. The van der Waals surface area contributed by atoms with Crippen LogP contribution < -0.4 is 15.4 Å². The molecule has 0 saturated heterocycles. The van der Waals surface area contributed by atoms with E-state index in [9.17, 15) is 4.79 Å². The van der Waals surface area contributed by atoms with E-state index in [-0.39, 0.29) is 5.91 Å². The van der Waals surface area contributed by atoms with Crippen molar-refractivity contribution in [3.05, 3.63) is 60.8 Å². The standard InChI is InChI=1S/C20H18N4O2S/c21-14-22-12-6-11-18(25)24-19-13-23-20(27-19)16-9-4-5-10-17(16)26-15-7-2-1-3-8-15/h1-5,7-10,13,22H,6,11-12H2,(H,24,25). The maximum absolute atomic E-state index is 12.0. The zero-order chi connectivity index (χ0) is 18.9. The molecule has 1 aromatic heterocycles. The normalized spacial score (nSPS) is 10.0. The largest absolute Gasteiger partial charge is 0.457 e. The number of para-hydroxylation sites is 2. The third kappa shape index (κ3) is 5.30. The minimum absolute atomic E-state index is 0.0984. The van der Waals surface area contributed by atoms with Gasteiger partial charge in [-0.15, -0.1) is 0 Å². The highest BCUT2D eigenvalue weighted by atomic mass is 32.1. The van der Waals surface area contributed by atoms with Gasteiger partial charge in [-0.1, -0.05) is 41.7 Å². The number of aromatic nitrogens is 1. The van der Waals surface area contributed by atoms with Crippen molar-refractivity contribution in [2.45, 2.75) is 12.8 Å². The van der Waals surface area contributed by atoms with Crippen LogP contribution in [0, 0.1) is 11.5 Å². The number of carbonyl (C=O) groups is 1. The Morgan fingerprint density at radius 1 is 1.15 bits per heavy atom. The van der Waals surface area contributed by atoms with Gasteiger partial charge in [-0.05, 0) is 30.7 Å². The Bertz CT molecular complexity index is 934. The lowest BCUT2D eigenvalue weighted by Crippen LogP contribution is -2.14. The lowest BCUT2D eigenvalue weighted by Gasteiger charge is -2.09. The number of ether oxygens (including phenoxy) is 1. The van der Waals surface area contributed by atoms with Gasteiger partial charge in [0.05, 0.1) is 11.8 Å². The summed E-state index contributed by atoms with van der Waals surface area (Å²) < 4.78 is 5.98. The molecular weight excluding hydrogens is 360 g/mol. The Hall–Kier alpha value is -3.37. The molecule has 0 saturated carbocycles. The predicted molar refractivity (Wildman–Crippen MR) is 106 cm³/mol. The SMILES string of the molecule is N#CNCCCC(=O)Nc1cnc(-c2ccccc2Oc2ccccc2)s1. The molecule has 0 fully saturated rings. The third-order valence-electron chi connectivity index (χ3n) is 3.64. The number of thiazole rings is 1. The molecule has 7 heteroatoms. The summed E-state index contributed by atoms with van der Waals surface area (Å²) in [5, 5.41) is 15.2. The number of nitriles is 1. The summed E-state index contributed by atoms with van der Waals surface area (Å²) in [6, 6.07) is 17.2. The van der Waals surface area contributed by atoms with Gasteiger partial charge in [0.1, 0.15) is 21.5 Å². The van der Waals surface area contributed by atoms with Gasteiger partial charge in [0.15, 0.2) is 6.19 Å². The van der Waals surface area contributed by atoms with Crippen LogP contribution in [0.2, 0.25) is 0 Å². The van der Waals surface area contributed by atoms with Crippen molar-refractivity contribution in [1.29, 1.82) is 5.26 Å². The maximum atomic E-state index is 12.0. The van der Waals surface area contributed by atoms with Crippen LogP contribution in [0.1, 0.15) is 12.8 Å². The zero-order valence-electron chi connectivity index (χ0n) is 14.5. The molecule has 27 heavy (non-hydrogen) atoms. The zero-order valence-corrected chi connectivity index (χ0v) is 15.3. The quantitative estimate of drug-likeness (QED) is 0.345. The second-order valence-electron chi connectivity index (χ2n) is 5.63. The summed E-state index contributed by atoms with van der Waals surface area (Å²) in [6.45, 7) is 0.488. The Balaban J connectivity index is 1.68. The third-order valence-corrected chi connectivity index (χ3v) is 4.59. The summed E-state index contributed by atoms with van der Waals surface area (Å²) in [6.07, 6.45) is 4.42. The Morgan fingerprint density at radius 3 is 2.74 bits per heavy atom. The molecule has 0 aliphatic rings. The van der Waals surface area contributed by atoms with E-state index >= 15 is 0 Å². The van der Waals surface area contributed by atoms with E-state index in [0.29, 0.717) is 30.1 Å². The van der Waals surface area contributed by atoms with Gasteiger partial charge in [-0.2, -0.15) is 5.26 Å². The number of carbonyl (C=O) groups excluding carboxylic acids is 1. The summed E-state index contributed by atoms with van der Waals surface area (Å²) in [5.41, 5.74) is 0.866. The minimum Gasteiger partial charge on any atom is -0.457 e. The van der Waals surface area contributed by atoms with E-state index in [2.05, 4.69) is 15.6 Å². The highest BCUT2D eigenvalue weighted by Gasteiger charge is 2.12. The van der Waals surface area contributed by atoms with E-state index < -0.39 is 0 Å². The molecule has 2 aromatic carbocycles. The molecule has 0 aliphatic carbocycles. The molecule has 0 bridgehead atoms. The fourth-order valence-corrected chi connectivity index (χ4v) is 3.26. The first kappa shape index (κ1) is 18.4. The molecule has 1 heterocycles. The number of anilines is 1. The van der Waals surface area contributed by atoms with Gasteiger partial charge >= 0.3 is 0 Å². The van der Waals surface area contributed by atoms with Crippen LogP contribution in [0.3, 0.4) is 0 Å². The van der Waals surface area contributed by atoms with Crippen molar-refractivity contribution in [3.63, 3.8) is 0 Å². The maximum Gasteiger partial charge on any atom is 0.225 e. The number of amides is 1. The van der Waals surface area contributed by atoms with Crippen molar-refractivity contribution in [3.8, 4) is 28.3 Å². The lowest BCUT2D eigenvalue weighted by atomic mass is 10.2. The number of nitrogens with zero attached hydrogens (tertiary/aromatic N) is 2. The number of hydrogen-bond acceptors (Lipinski definition) is 6. The van der Waals surface area contributed by atoms with Gasteiger partial charge in [0.2, 0.25) is 5.91 Å². The van der Waals surface area contributed by atoms with Gasteiger partial charge < -0.3 is 15.4 Å². The van der Waals surface area contributed by atoms with E-state index in [4.69, 9.17) is 10.00 Å². The first-order valence-corrected chi connectivity index (χ1v) is 9.28. The fourth-order valence-electron chi connectivity index (χ4n) is 2.40. The molecule has 1 amide bonds.